The molecule has 7 nitrogen and oxygen atoms in total. The predicted molar refractivity (Wildman–Crippen MR) is 107 cm³/mol. The topological polar surface area (TPSA) is 73.1 Å². The van der Waals surface area contributed by atoms with Gasteiger partial charge >= 0.3 is 6.18 Å². The summed E-state index contributed by atoms with van der Waals surface area (Å²) >= 11 is 0. The summed E-state index contributed by atoms with van der Waals surface area (Å²) in [6.07, 6.45) is -0.568. The molecule has 10 heteroatoms. The van der Waals surface area contributed by atoms with Crippen LogP contribution < -0.4 is 9.64 Å². The number of methoxy groups -OCH3 is 1. The first-order valence-electron chi connectivity index (χ1n) is 9.71. The number of carbonyl (C=O) groups excluding carboxylic acids is 1. The van der Waals surface area contributed by atoms with Crippen LogP contribution in [0.2, 0.25) is 0 Å². The van der Waals surface area contributed by atoms with Gasteiger partial charge in [0.05, 0.1) is 19.3 Å². The summed E-state index contributed by atoms with van der Waals surface area (Å²) < 4.78 is 46.1. The number of aryl methyl sites for hydroxylation is 1. The van der Waals surface area contributed by atoms with Crippen LogP contribution in [0.4, 0.5) is 19.0 Å². The second-order valence-electron chi connectivity index (χ2n) is 7.23. The Labute approximate surface area is 176 Å². The summed E-state index contributed by atoms with van der Waals surface area (Å²) in [4.78, 5) is 23.0. The van der Waals surface area contributed by atoms with Crippen molar-refractivity contribution >= 4 is 11.7 Å². The van der Waals surface area contributed by atoms with E-state index in [1.165, 1.54) is 11.0 Å². The normalized spacial score (nSPS) is 16.4. The van der Waals surface area contributed by atoms with E-state index in [1.54, 1.807) is 23.1 Å². The molecule has 0 saturated heterocycles. The van der Waals surface area contributed by atoms with Crippen LogP contribution in [0.25, 0.3) is 11.1 Å². The summed E-state index contributed by atoms with van der Waals surface area (Å²) in [6, 6.07) is 5.55. The van der Waals surface area contributed by atoms with Gasteiger partial charge in [0.2, 0.25) is 5.88 Å². The molecule has 0 unspecified atom stereocenters. The molecule has 0 saturated carbocycles. The minimum atomic E-state index is -4.61. The maximum atomic E-state index is 13.4. The van der Waals surface area contributed by atoms with Gasteiger partial charge in [-0.15, -0.1) is 0 Å². The highest BCUT2D eigenvalue weighted by molar-refractivity contribution is 6.09. The number of pyridine rings is 2. The molecular weight excluding hydrogens is 411 g/mol. The largest absolute Gasteiger partial charge is 0.481 e. The van der Waals surface area contributed by atoms with E-state index in [9.17, 15) is 18.0 Å². The summed E-state index contributed by atoms with van der Waals surface area (Å²) in [5, 5.41) is 4.38. The van der Waals surface area contributed by atoms with E-state index in [1.807, 2.05) is 19.9 Å². The fourth-order valence-electron chi connectivity index (χ4n) is 3.66. The second kappa shape index (κ2) is 7.68. The van der Waals surface area contributed by atoms with Crippen LogP contribution in [0.15, 0.2) is 36.7 Å². The molecule has 3 aromatic heterocycles. The van der Waals surface area contributed by atoms with Crippen molar-refractivity contribution in [2.24, 2.45) is 0 Å². The lowest BCUT2D eigenvalue weighted by Crippen LogP contribution is -2.43. The lowest BCUT2D eigenvalue weighted by Gasteiger charge is -2.32. The quantitative estimate of drug-likeness (QED) is 0.621. The highest BCUT2D eigenvalue weighted by Crippen LogP contribution is 2.38. The summed E-state index contributed by atoms with van der Waals surface area (Å²) in [5.74, 6) is -0.884. The molecule has 4 rings (SSSR count). The zero-order valence-corrected chi connectivity index (χ0v) is 17.1. The Balaban J connectivity index is 1.78. The fraction of sp³-hybridized carbons (Fsp3) is 0.333. The monoisotopic (exact) mass is 431 g/mol. The van der Waals surface area contributed by atoms with Crippen LogP contribution >= 0.6 is 0 Å². The summed E-state index contributed by atoms with van der Waals surface area (Å²) in [5.41, 5.74) is 1.67. The number of ether oxygens (including phenoxy) is 1. The molecule has 0 spiro atoms. The van der Waals surface area contributed by atoms with Gasteiger partial charge in [-0.25, -0.2) is 0 Å². The maximum Gasteiger partial charge on any atom is 0.421 e. The van der Waals surface area contributed by atoms with Crippen molar-refractivity contribution in [1.82, 2.24) is 19.7 Å². The third kappa shape index (κ3) is 3.62. The molecule has 0 aliphatic carbocycles. The van der Waals surface area contributed by atoms with E-state index >= 15 is 0 Å². The highest BCUT2D eigenvalue weighted by atomic mass is 19.4. The minimum absolute atomic E-state index is 0.0871. The van der Waals surface area contributed by atoms with Crippen LogP contribution in [-0.4, -0.2) is 39.3 Å². The molecule has 0 bridgehead atoms. The van der Waals surface area contributed by atoms with Crippen molar-refractivity contribution in [3.05, 3.63) is 53.6 Å². The van der Waals surface area contributed by atoms with Gasteiger partial charge in [0.1, 0.15) is 17.1 Å². The average Bonchev–Trinajstić information content (AvgIpc) is 3.21. The first kappa shape index (κ1) is 20.8. The Bertz CT molecular complexity index is 1140. The molecular formula is C21H20F3N5O2. The molecule has 3 aromatic rings. The first-order valence-corrected chi connectivity index (χ1v) is 9.71. The Morgan fingerprint density at radius 3 is 2.71 bits per heavy atom. The number of anilines is 1. The molecule has 0 radical (unpaired) electrons. The van der Waals surface area contributed by atoms with Gasteiger partial charge in [0.15, 0.2) is 0 Å². The zero-order valence-electron chi connectivity index (χ0n) is 17.1. The Hall–Kier alpha value is -3.43. The molecule has 0 fully saturated rings. The Kier molecular flexibility index (Phi) is 5.16. The molecule has 162 valence electrons. The van der Waals surface area contributed by atoms with E-state index in [0.717, 1.165) is 30.9 Å². The maximum absolute atomic E-state index is 13.4. The Morgan fingerprint density at radius 1 is 1.26 bits per heavy atom. The number of carbonyl (C=O) groups is 1. The van der Waals surface area contributed by atoms with Crippen LogP contribution in [0.3, 0.4) is 0 Å². The molecule has 1 aliphatic heterocycles. The third-order valence-corrected chi connectivity index (χ3v) is 5.22. The number of hydrogen-bond acceptors (Lipinski definition) is 5. The van der Waals surface area contributed by atoms with Crippen LogP contribution in [0.1, 0.15) is 41.6 Å². The standard InChI is InChI=1S/C21H20F3N5O2/c1-4-14-9-13(7-8-25-14)15-10-26-29-12(2)11-28(20(30)18(15)29)17-6-5-16(21(22,23)24)19(27-17)31-3/h5-10,12H,4,11H2,1-3H3/t12-/m0/s1. The minimum Gasteiger partial charge on any atom is -0.481 e. The number of amides is 1. The van der Waals surface area contributed by atoms with E-state index < -0.39 is 23.5 Å². The van der Waals surface area contributed by atoms with Gasteiger partial charge in [0.25, 0.3) is 5.91 Å². The van der Waals surface area contributed by atoms with Crippen LogP contribution in [0, 0.1) is 0 Å². The van der Waals surface area contributed by atoms with E-state index in [2.05, 4.69) is 15.1 Å². The lowest BCUT2D eigenvalue weighted by atomic mass is 10.0. The highest BCUT2D eigenvalue weighted by Gasteiger charge is 2.38. The second-order valence-corrected chi connectivity index (χ2v) is 7.23. The number of hydrogen-bond donors (Lipinski definition) is 0. The smallest absolute Gasteiger partial charge is 0.421 e. The Morgan fingerprint density at radius 2 is 2.03 bits per heavy atom. The molecule has 1 amide bonds. The molecule has 0 N–H and O–H groups in total. The van der Waals surface area contributed by atoms with Gasteiger partial charge < -0.3 is 4.74 Å². The van der Waals surface area contributed by atoms with Crippen molar-refractivity contribution in [3.63, 3.8) is 0 Å². The van der Waals surface area contributed by atoms with E-state index in [-0.39, 0.29) is 18.4 Å². The van der Waals surface area contributed by atoms with Gasteiger partial charge in [-0.1, -0.05) is 6.92 Å². The zero-order chi connectivity index (χ0) is 22.3. The van der Waals surface area contributed by atoms with Crippen molar-refractivity contribution in [2.45, 2.75) is 32.5 Å². The lowest BCUT2D eigenvalue weighted by molar-refractivity contribution is -0.139. The van der Waals surface area contributed by atoms with Gasteiger partial charge in [-0.05, 0) is 43.2 Å². The number of nitrogens with zero attached hydrogens (tertiary/aromatic N) is 5. The van der Waals surface area contributed by atoms with Crippen LogP contribution in [-0.2, 0) is 12.6 Å². The molecule has 1 atom stereocenters. The fourth-order valence-corrected chi connectivity index (χ4v) is 3.66. The van der Waals surface area contributed by atoms with Crippen molar-refractivity contribution < 1.29 is 22.7 Å². The number of fused-ring (bicyclic) bond motifs is 1. The summed E-state index contributed by atoms with van der Waals surface area (Å²) in [6.45, 7) is 4.08. The van der Waals surface area contributed by atoms with Gasteiger partial charge in [0, 0.05) is 24.0 Å². The molecule has 0 aromatic carbocycles. The number of alkyl halides is 3. The number of rotatable bonds is 4. The average molecular weight is 431 g/mol. The SMILES string of the molecule is CCc1cc(-c2cnn3c2C(=O)N(c2ccc(C(F)(F)F)c(OC)n2)C[C@@H]3C)ccn1. The summed E-state index contributed by atoms with van der Waals surface area (Å²) in [7, 11) is 1.12. The van der Waals surface area contributed by atoms with Crippen molar-refractivity contribution in [1.29, 1.82) is 0 Å². The predicted octanol–water partition coefficient (Wildman–Crippen LogP) is 4.15. The van der Waals surface area contributed by atoms with Gasteiger partial charge in [-0.2, -0.15) is 23.3 Å². The number of aromatic nitrogens is 4. The first-order chi connectivity index (χ1) is 14.7. The molecule has 1 aliphatic rings. The van der Waals surface area contributed by atoms with Crippen molar-refractivity contribution in [3.8, 4) is 17.0 Å². The molecule has 4 heterocycles. The van der Waals surface area contributed by atoms with Crippen LogP contribution in [0.5, 0.6) is 5.88 Å². The van der Waals surface area contributed by atoms with E-state index in [0.29, 0.717) is 11.3 Å². The van der Waals surface area contributed by atoms with E-state index in [4.69, 9.17) is 4.74 Å². The third-order valence-electron chi connectivity index (χ3n) is 5.22. The number of halogens is 3. The van der Waals surface area contributed by atoms with Gasteiger partial charge in [-0.3, -0.25) is 19.4 Å². The molecule has 31 heavy (non-hydrogen) atoms. The van der Waals surface area contributed by atoms with Crippen molar-refractivity contribution in [2.75, 3.05) is 18.6 Å².